The van der Waals surface area contributed by atoms with Gasteiger partial charge < -0.3 is 20.1 Å². The number of amides is 2. The maximum absolute atomic E-state index is 12.3. The Bertz CT molecular complexity index is 984. The highest BCUT2D eigenvalue weighted by atomic mass is 16.5. The quantitative estimate of drug-likeness (QED) is 0.717. The third-order valence-corrected chi connectivity index (χ3v) is 4.93. The lowest BCUT2D eigenvalue weighted by Crippen LogP contribution is -2.47. The third kappa shape index (κ3) is 3.86. The van der Waals surface area contributed by atoms with Gasteiger partial charge in [0.05, 0.1) is 18.7 Å². The number of benzene rings is 2. The van der Waals surface area contributed by atoms with Crippen LogP contribution in [0.5, 0.6) is 11.5 Å². The van der Waals surface area contributed by atoms with E-state index in [0.29, 0.717) is 13.2 Å². The van der Waals surface area contributed by atoms with Crippen LogP contribution >= 0.6 is 0 Å². The van der Waals surface area contributed by atoms with Gasteiger partial charge in [-0.3, -0.25) is 4.98 Å². The van der Waals surface area contributed by atoms with Crippen molar-refractivity contribution < 1.29 is 14.3 Å². The molecule has 0 spiro atoms. The fraction of sp³-hybridized carbons (Fsp3) is 0.273. The number of nitrogens with zero attached hydrogens (tertiary/aromatic N) is 1. The Morgan fingerprint density at radius 1 is 1.21 bits per heavy atom. The normalized spacial score (nSPS) is 15.4. The van der Waals surface area contributed by atoms with Gasteiger partial charge in [0.15, 0.2) is 11.5 Å². The summed E-state index contributed by atoms with van der Waals surface area (Å²) in [7, 11) is 1.63. The molecule has 6 heteroatoms. The van der Waals surface area contributed by atoms with Gasteiger partial charge in [0.25, 0.3) is 0 Å². The maximum Gasteiger partial charge on any atom is 0.315 e. The van der Waals surface area contributed by atoms with Gasteiger partial charge in [-0.15, -0.1) is 0 Å². The number of hydrogen-bond acceptors (Lipinski definition) is 4. The Kier molecular flexibility index (Phi) is 5.28. The molecule has 0 saturated heterocycles. The average molecular weight is 377 g/mol. The SMILES string of the molecule is COc1cccc2c1OCC(NC(=O)NCCc1ccnc3ccccc13)C2. The van der Waals surface area contributed by atoms with Crippen LogP contribution in [0.3, 0.4) is 0 Å². The summed E-state index contributed by atoms with van der Waals surface area (Å²) in [6.07, 6.45) is 3.27. The molecule has 28 heavy (non-hydrogen) atoms. The van der Waals surface area contributed by atoms with Gasteiger partial charge in [-0.25, -0.2) is 4.79 Å². The number of ether oxygens (including phenoxy) is 2. The van der Waals surface area contributed by atoms with Gasteiger partial charge in [0.1, 0.15) is 6.61 Å². The minimum atomic E-state index is -0.182. The Morgan fingerprint density at radius 3 is 3.00 bits per heavy atom. The lowest BCUT2D eigenvalue weighted by Gasteiger charge is -2.27. The Morgan fingerprint density at radius 2 is 2.11 bits per heavy atom. The molecule has 1 aliphatic rings. The van der Waals surface area contributed by atoms with E-state index in [1.807, 2.05) is 48.7 Å². The van der Waals surface area contributed by atoms with Gasteiger partial charge >= 0.3 is 6.03 Å². The number of carbonyl (C=O) groups is 1. The van der Waals surface area contributed by atoms with E-state index in [1.165, 1.54) is 5.56 Å². The molecule has 0 saturated carbocycles. The van der Waals surface area contributed by atoms with Crippen LogP contribution in [0.4, 0.5) is 4.79 Å². The zero-order valence-corrected chi connectivity index (χ0v) is 15.8. The molecule has 4 rings (SSSR count). The van der Waals surface area contributed by atoms with E-state index >= 15 is 0 Å². The molecule has 144 valence electrons. The van der Waals surface area contributed by atoms with Gasteiger partial charge in [0, 0.05) is 23.7 Å². The van der Waals surface area contributed by atoms with Gasteiger partial charge in [-0.1, -0.05) is 30.3 Å². The van der Waals surface area contributed by atoms with Crippen molar-refractivity contribution in [3.8, 4) is 11.5 Å². The van der Waals surface area contributed by atoms with Crippen LogP contribution in [0, 0.1) is 0 Å². The fourth-order valence-electron chi connectivity index (χ4n) is 3.57. The highest BCUT2D eigenvalue weighted by Crippen LogP contribution is 2.34. The fourth-order valence-corrected chi connectivity index (χ4v) is 3.57. The standard InChI is InChI=1S/C22H23N3O3/c1-27-20-8-4-5-16-13-17(14-28-21(16)20)25-22(26)24-12-10-15-9-11-23-19-7-3-2-6-18(15)19/h2-9,11,17H,10,12-14H2,1H3,(H2,24,25,26). The second-order valence-electron chi connectivity index (χ2n) is 6.80. The molecule has 0 radical (unpaired) electrons. The number of aromatic nitrogens is 1. The second-order valence-corrected chi connectivity index (χ2v) is 6.80. The van der Waals surface area contributed by atoms with E-state index in [0.717, 1.165) is 40.8 Å². The molecule has 1 atom stereocenters. The molecule has 2 N–H and O–H groups in total. The number of carbonyl (C=O) groups excluding carboxylic acids is 1. The van der Waals surface area contributed by atoms with E-state index in [-0.39, 0.29) is 12.1 Å². The first-order chi connectivity index (χ1) is 13.7. The molecule has 2 heterocycles. The van der Waals surface area contributed by atoms with Crippen molar-refractivity contribution in [1.29, 1.82) is 0 Å². The molecule has 0 fully saturated rings. The van der Waals surface area contributed by atoms with Crippen LogP contribution in [-0.2, 0) is 12.8 Å². The molecule has 6 nitrogen and oxygen atoms in total. The lowest BCUT2D eigenvalue weighted by molar-refractivity contribution is 0.210. The first-order valence-corrected chi connectivity index (χ1v) is 9.40. The third-order valence-electron chi connectivity index (χ3n) is 4.93. The summed E-state index contributed by atoms with van der Waals surface area (Å²) < 4.78 is 11.1. The summed E-state index contributed by atoms with van der Waals surface area (Å²) in [5.41, 5.74) is 3.19. The highest BCUT2D eigenvalue weighted by molar-refractivity contribution is 5.82. The van der Waals surface area contributed by atoms with Crippen LogP contribution in [-0.4, -0.2) is 37.3 Å². The van der Waals surface area contributed by atoms with E-state index in [4.69, 9.17) is 9.47 Å². The minimum Gasteiger partial charge on any atom is -0.493 e. The minimum absolute atomic E-state index is 0.0682. The first-order valence-electron chi connectivity index (χ1n) is 9.40. The van der Waals surface area contributed by atoms with Crippen molar-refractivity contribution in [2.45, 2.75) is 18.9 Å². The van der Waals surface area contributed by atoms with Crippen LogP contribution < -0.4 is 20.1 Å². The maximum atomic E-state index is 12.3. The molecule has 1 aliphatic heterocycles. The monoisotopic (exact) mass is 377 g/mol. The largest absolute Gasteiger partial charge is 0.493 e. The first kappa shape index (κ1) is 18.1. The molecule has 0 bridgehead atoms. The topological polar surface area (TPSA) is 72.5 Å². The zero-order chi connectivity index (χ0) is 19.3. The zero-order valence-electron chi connectivity index (χ0n) is 15.8. The molecule has 1 aromatic heterocycles. The second kappa shape index (κ2) is 8.17. The number of para-hydroxylation sites is 2. The Balaban J connectivity index is 1.30. The number of pyridine rings is 1. The summed E-state index contributed by atoms with van der Waals surface area (Å²) in [6, 6.07) is 15.6. The van der Waals surface area contributed by atoms with E-state index in [9.17, 15) is 4.79 Å². The summed E-state index contributed by atoms with van der Waals surface area (Å²) in [4.78, 5) is 16.7. The number of methoxy groups -OCH3 is 1. The van der Waals surface area contributed by atoms with Crippen LogP contribution in [0.1, 0.15) is 11.1 Å². The number of nitrogens with one attached hydrogen (secondary N) is 2. The molecular formula is C22H23N3O3. The van der Waals surface area contributed by atoms with Crippen molar-refractivity contribution in [2.75, 3.05) is 20.3 Å². The van der Waals surface area contributed by atoms with Crippen LogP contribution in [0.25, 0.3) is 10.9 Å². The van der Waals surface area contributed by atoms with Gasteiger partial charge in [-0.2, -0.15) is 0 Å². The van der Waals surface area contributed by atoms with Crippen molar-refractivity contribution in [1.82, 2.24) is 15.6 Å². The molecule has 2 aromatic carbocycles. The average Bonchev–Trinajstić information content (AvgIpc) is 2.73. The van der Waals surface area contributed by atoms with Crippen molar-refractivity contribution in [3.63, 3.8) is 0 Å². The lowest BCUT2D eigenvalue weighted by atomic mass is 10.0. The van der Waals surface area contributed by atoms with Crippen molar-refractivity contribution in [3.05, 3.63) is 65.9 Å². The van der Waals surface area contributed by atoms with E-state index < -0.39 is 0 Å². The number of rotatable bonds is 5. The number of fused-ring (bicyclic) bond motifs is 2. The summed E-state index contributed by atoms with van der Waals surface area (Å²) in [6.45, 7) is 0.980. The van der Waals surface area contributed by atoms with Crippen molar-refractivity contribution in [2.24, 2.45) is 0 Å². The summed E-state index contributed by atoms with van der Waals surface area (Å²) in [5, 5.41) is 7.05. The molecule has 2 amide bonds. The van der Waals surface area contributed by atoms with Gasteiger partial charge in [-0.05, 0) is 36.6 Å². The molecular weight excluding hydrogens is 354 g/mol. The molecule has 1 unspecified atom stereocenters. The van der Waals surface area contributed by atoms with E-state index in [2.05, 4.69) is 21.7 Å². The Labute approximate surface area is 163 Å². The predicted octanol–water partition coefficient (Wildman–Crippen LogP) is 3.09. The summed E-state index contributed by atoms with van der Waals surface area (Å²) >= 11 is 0. The molecule has 3 aromatic rings. The van der Waals surface area contributed by atoms with E-state index in [1.54, 1.807) is 7.11 Å². The smallest absolute Gasteiger partial charge is 0.315 e. The number of hydrogen-bond donors (Lipinski definition) is 2. The van der Waals surface area contributed by atoms with Crippen LogP contribution in [0.2, 0.25) is 0 Å². The van der Waals surface area contributed by atoms with Crippen molar-refractivity contribution >= 4 is 16.9 Å². The number of urea groups is 1. The highest BCUT2D eigenvalue weighted by Gasteiger charge is 2.23. The predicted molar refractivity (Wildman–Crippen MR) is 108 cm³/mol. The van der Waals surface area contributed by atoms with Crippen LogP contribution in [0.15, 0.2) is 54.7 Å². The van der Waals surface area contributed by atoms with Gasteiger partial charge in [0.2, 0.25) is 0 Å². The molecule has 0 aliphatic carbocycles. The Hall–Kier alpha value is -3.28. The summed E-state index contributed by atoms with van der Waals surface area (Å²) in [5.74, 6) is 1.50.